The Bertz CT molecular complexity index is 440. The van der Waals surface area contributed by atoms with Gasteiger partial charge >= 0.3 is 6.01 Å². The van der Waals surface area contributed by atoms with Gasteiger partial charge in [0, 0.05) is 16.4 Å². The number of anilines is 1. The van der Waals surface area contributed by atoms with E-state index in [0.29, 0.717) is 11.8 Å². The van der Waals surface area contributed by atoms with Gasteiger partial charge in [0.2, 0.25) is 5.82 Å². The van der Waals surface area contributed by atoms with Gasteiger partial charge in [-0.3, -0.25) is 0 Å². The average molecular weight is 288 g/mol. The minimum absolute atomic E-state index is 0.483. The molecule has 80 valence electrons. The molecule has 2 aromatic heterocycles. The van der Waals surface area contributed by atoms with E-state index in [1.54, 1.807) is 11.3 Å². The van der Waals surface area contributed by atoms with E-state index in [-0.39, 0.29) is 0 Å². The molecule has 0 aliphatic carbocycles. The van der Waals surface area contributed by atoms with Gasteiger partial charge < -0.3 is 9.84 Å². The lowest BCUT2D eigenvalue weighted by atomic mass is 10.4. The van der Waals surface area contributed by atoms with Crippen LogP contribution in [0.3, 0.4) is 0 Å². The summed E-state index contributed by atoms with van der Waals surface area (Å²) in [6, 6.07) is 2.45. The Morgan fingerprint density at radius 1 is 1.60 bits per heavy atom. The molecule has 0 saturated carbocycles. The smallest absolute Gasteiger partial charge is 0.321 e. The molecule has 6 heteroatoms. The Morgan fingerprint density at radius 2 is 2.47 bits per heavy atom. The van der Waals surface area contributed by atoms with Crippen LogP contribution < -0.4 is 5.32 Å². The highest BCUT2D eigenvalue weighted by Gasteiger charge is 2.09. The second kappa shape index (κ2) is 4.76. The van der Waals surface area contributed by atoms with E-state index >= 15 is 0 Å². The molecular formula is C9H10BrN3OS. The van der Waals surface area contributed by atoms with Gasteiger partial charge in [-0.05, 0) is 28.4 Å². The van der Waals surface area contributed by atoms with Gasteiger partial charge in [0.05, 0.1) is 4.88 Å². The van der Waals surface area contributed by atoms with Crippen LogP contribution in [0, 0.1) is 0 Å². The summed E-state index contributed by atoms with van der Waals surface area (Å²) in [5, 5.41) is 8.93. The number of hydrogen-bond acceptors (Lipinski definition) is 5. The van der Waals surface area contributed by atoms with Crippen LogP contribution in [0.2, 0.25) is 0 Å². The van der Waals surface area contributed by atoms with Crippen molar-refractivity contribution in [1.29, 1.82) is 0 Å². The van der Waals surface area contributed by atoms with Gasteiger partial charge in [-0.1, -0.05) is 12.1 Å². The molecule has 2 aromatic rings. The van der Waals surface area contributed by atoms with Gasteiger partial charge in [-0.25, -0.2) is 0 Å². The highest BCUT2D eigenvalue weighted by molar-refractivity contribution is 9.10. The summed E-state index contributed by atoms with van der Waals surface area (Å²) < 4.78 is 6.09. The zero-order valence-electron chi connectivity index (χ0n) is 8.16. The molecule has 1 N–H and O–H groups in total. The predicted octanol–water partition coefficient (Wildman–Crippen LogP) is 3.38. The van der Waals surface area contributed by atoms with Gasteiger partial charge in [0.25, 0.3) is 0 Å². The van der Waals surface area contributed by atoms with Crippen molar-refractivity contribution in [1.82, 2.24) is 10.1 Å². The normalized spacial score (nSPS) is 10.5. The zero-order chi connectivity index (χ0) is 10.7. The lowest BCUT2D eigenvalue weighted by Crippen LogP contribution is -1.99. The second-order valence-corrected chi connectivity index (χ2v) is 4.81. The Hall–Kier alpha value is -0.880. The Labute approximate surface area is 99.8 Å². The number of nitrogens with one attached hydrogen (secondary N) is 1. The predicted molar refractivity (Wildman–Crippen MR) is 64.1 cm³/mol. The fourth-order valence-electron chi connectivity index (χ4n) is 1.06. The van der Waals surface area contributed by atoms with Crippen molar-refractivity contribution < 1.29 is 4.52 Å². The maximum absolute atomic E-state index is 5.05. The number of nitrogens with zero attached hydrogens (tertiary/aromatic N) is 2. The van der Waals surface area contributed by atoms with Crippen molar-refractivity contribution in [3.8, 4) is 10.7 Å². The van der Waals surface area contributed by atoms with E-state index < -0.39 is 0 Å². The topological polar surface area (TPSA) is 51.0 Å². The summed E-state index contributed by atoms with van der Waals surface area (Å²) in [5.41, 5.74) is 0. The van der Waals surface area contributed by atoms with Crippen molar-refractivity contribution in [3.05, 3.63) is 15.9 Å². The number of hydrogen-bond donors (Lipinski definition) is 1. The minimum atomic E-state index is 0.483. The van der Waals surface area contributed by atoms with Crippen LogP contribution in [-0.4, -0.2) is 16.7 Å². The van der Waals surface area contributed by atoms with Crippen LogP contribution in [0.25, 0.3) is 10.7 Å². The average Bonchev–Trinajstić information content (AvgIpc) is 2.83. The van der Waals surface area contributed by atoms with Crippen molar-refractivity contribution in [2.75, 3.05) is 11.9 Å². The van der Waals surface area contributed by atoms with Crippen LogP contribution >= 0.6 is 27.3 Å². The lowest BCUT2D eigenvalue weighted by Gasteiger charge is -1.93. The van der Waals surface area contributed by atoms with Gasteiger partial charge in [0.15, 0.2) is 0 Å². The molecule has 0 aromatic carbocycles. The summed E-state index contributed by atoms with van der Waals surface area (Å²) in [4.78, 5) is 5.23. The summed E-state index contributed by atoms with van der Waals surface area (Å²) in [6.45, 7) is 2.93. The Balaban J connectivity index is 2.13. The molecule has 0 radical (unpaired) electrons. The highest BCUT2D eigenvalue weighted by atomic mass is 79.9. The van der Waals surface area contributed by atoms with Crippen molar-refractivity contribution in [3.63, 3.8) is 0 Å². The molecule has 2 heterocycles. The fraction of sp³-hybridized carbons (Fsp3) is 0.333. The molecule has 0 amide bonds. The first kappa shape index (κ1) is 10.6. The first-order valence-corrected chi connectivity index (χ1v) is 6.29. The van der Waals surface area contributed by atoms with Gasteiger partial charge in [-0.2, -0.15) is 4.98 Å². The SMILES string of the molecule is CCCNc1nc(-c2cc(Br)cs2)no1. The van der Waals surface area contributed by atoms with Crippen molar-refractivity contribution in [2.24, 2.45) is 0 Å². The summed E-state index contributed by atoms with van der Waals surface area (Å²) in [7, 11) is 0. The molecule has 15 heavy (non-hydrogen) atoms. The number of thiophene rings is 1. The van der Waals surface area contributed by atoms with Crippen LogP contribution in [0.1, 0.15) is 13.3 Å². The quantitative estimate of drug-likeness (QED) is 0.937. The molecular weight excluding hydrogens is 278 g/mol. The van der Waals surface area contributed by atoms with E-state index in [9.17, 15) is 0 Å². The molecule has 2 rings (SSSR count). The summed E-state index contributed by atoms with van der Waals surface area (Å²) in [6.07, 6.45) is 1.03. The molecule has 0 saturated heterocycles. The lowest BCUT2D eigenvalue weighted by molar-refractivity contribution is 0.432. The number of aromatic nitrogens is 2. The fourth-order valence-corrected chi connectivity index (χ4v) is 2.41. The Kier molecular flexibility index (Phi) is 3.37. The Morgan fingerprint density at radius 3 is 3.13 bits per heavy atom. The largest absolute Gasteiger partial charge is 0.338 e. The summed E-state index contributed by atoms with van der Waals surface area (Å²) in [5.74, 6) is 0.629. The third-order valence-electron chi connectivity index (χ3n) is 1.74. The number of rotatable bonds is 4. The van der Waals surface area contributed by atoms with Crippen LogP contribution in [-0.2, 0) is 0 Å². The second-order valence-electron chi connectivity index (χ2n) is 2.98. The third kappa shape index (κ3) is 2.57. The van der Waals surface area contributed by atoms with E-state index in [4.69, 9.17) is 4.52 Å². The maximum atomic E-state index is 5.05. The zero-order valence-corrected chi connectivity index (χ0v) is 10.6. The molecule has 0 atom stereocenters. The van der Waals surface area contributed by atoms with E-state index in [1.165, 1.54) is 0 Å². The first-order chi connectivity index (χ1) is 7.29. The molecule has 0 aliphatic rings. The maximum Gasteiger partial charge on any atom is 0.321 e. The van der Waals surface area contributed by atoms with Crippen molar-refractivity contribution >= 4 is 33.3 Å². The van der Waals surface area contributed by atoms with Crippen molar-refractivity contribution in [2.45, 2.75) is 13.3 Å². The van der Waals surface area contributed by atoms with Crippen LogP contribution in [0.5, 0.6) is 0 Å². The molecule has 0 bridgehead atoms. The monoisotopic (exact) mass is 287 g/mol. The van der Waals surface area contributed by atoms with Gasteiger partial charge in [-0.15, -0.1) is 11.3 Å². The van der Waals surface area contributed by atoms with E-state index in [1.807, 2.05) is 11.4 Å². The molecule has 0 spiro atoms. The summed E-state index contributed by atoms with van der Waals surface area (Å²) >= 11 is 4.97. The highest BCUT2D eigenvalue weighted by Crippen LogP contribution is 2.28. The van der Waals surface area contributed by atoms with Crippen LogP contribution in [0.4, 0.5) is 6.01 Å². The van der Waals surface area contributed by atoms with E-state index in [0.717, 1.165) is 22.3 Å². The molecule has 0 fully saturated rings. The third-order valence-corrected chi connectivity index (χ3v) is 3.43. The molecule has 4 nitrogen and oxygen atoms in total. The molecule has 0 aliphatic heterocycles. The minimum Gasteiger partial charge on any atom is -0.338 e. The van der Waals surface area contributed by atoms with E-state index in [2.05, 4.69) is 38.3 Å². The number of halogens is 1. The molecule has 0 unspecified atom stereocenters. The van der Waals surface area contributed by atoms with Gasteiger partial charge in [0.1, 0.15) is 0 Å². The standard InChI is InChI=1S/C9H10BrN3OS/c1-2-3-11-9-12-8(13-14-9)7-4-6(10)5-15-7/h4-5H,2-3H2,1H3,(H,11,12,13). The van der Waals surface area contributed by atoms with Crippen LogP contribution in [0.15, 0.2) is 20.4 Å². The first-order valence-electron chi connectivity index (χ1n) is 4.61.